The number of nitrogens with two attached hydrogens (primary N) is 1. The number of nitrogens with one attached hydrogen (secondary N) is 1. The fraction of sp³-hybridized carbons (Fsp3) is 0.263. The molecule has 0 saturated heterocycles. The van der Waals surface area contributed by atoms with Gasteiger partial charge in [0.2, 0.25) is 11.8 Å². The number of hydrogen-bond acceptors (Lipinski definition) is 5. The van der Waals surface area contributed by atoms with Crippen LogP contribution >= 0.6 is 11.6 Å². The van der Waals surface area contributed by atoms with Crippen LogP contribution in [0.1, 0.15) is 6.42 Å². The molecule has 0 heterocycles. The third-order valence-corrected chi connectivity index (χ3v) is 4.07. The van der Waals surface area contributed by atoms with Crippen LogP contribution in [0.3, 0.4) is 0 Å². The van der Waals surface area contributed by atoms with Gasteiger partial charge in [0.05, 0.1) is 26.5 Å². The number of carbonyl (C=O) groups is 2. The smallest absolute Gasteiger partial charge is 0.243 e. The van der Waals surface area contributed by atoms with Crippen molar-refractivity contribution in [1.29, 1.82) is 0 Å². The molecule has 3 N–H and O–H groups in total. The highest BCUT2D eigenvalue weighted by molar-refractivity contribution is 6.31. The summed E-state index contributed by atoms with van der Waals surface area (Å²) >= 11 is 5.99. The van der Waals surface area contributed by atoms with E-state index in [1.807, 2.05) is 12.1 Å². The summed E-state index contributed by atoms with van der Waals surface area (Å²) in [5.74, 6) is 0.476. The van der Waals surface area contributed by atoms with Gasteiger partial charge in [-0.15, -0.1) is 0 Å². The first-order chi connectivity index (χ1) is 12.9. The van der Waals surface area contributed by atoms with Crippen LogP contribution in [0, 0.1) is 0 Å². The van der Waals surface area contributed by atoms with Crippen molar-refractivity contribution in [3.05, 3.63) is 47.5 Å². The maximum atomic E-state index is 12.6. The summed E-state index contributed by atoms with van der Waals surface area (Å²) in [7, 11) is 3.08. The third kappa shape index (κ3) is 6.07. The minimum absolute atomic E-state index is 0.0231. The first-order valence-corrected chi connectivity index (χ1v) is 8.61. The van der Waals surface area contributed by atoms with E-state index in [4.69, 9.17) is 26.8 Å². The molecule has 2 rings (SSSR count). The highest BCUT2D eigenvalue weighted by Crippen LogP contribution is 2.28. The normalized spacial score (nSPS) is 10.2. The Kier molecular flexibility index (Phi) is 7.31. The Morgan fingerprint density at radius 2 is 1.81 bits per heavy atom. The van der Waals surface area contributed by atoms with Crippen molar-refractivity contribution in [3.63, 3.8) is 0 Å². The molecule has 2 amide bonds. The lowest BCUT2D eigenvalue weighted by Crippen LogP contribution is -2.35. The number of rotatable bonds is 9. The van der Waals surface area contributed by atoms with Crippen molar-refractivity contribution in [2.24, 2.45) is 5.73 Å². The molecule has 27 heavy (non-hydrogen) atoms. The van der Waals surface area contributed by atoms with Crippen LogP contribution in [0.4, 0.5) is 11.4 Å². The van der Waals surface area contributed by atoms with Crippen molar-refractivity contribution >= 4 is 34.8 Å². The standard InChI is InChI=1S/C19H22ClN3O4/c1-26-15-6-4-14(5-7-15)23(10-9-18(21)24)12-19(25)22-16-11-13(20)3-8-17(16)27-2/h3-8,11H,9-10,12H2,1-2H3,(H2,21,24)(H,22,25). The predicted molar refractivity (Wildman–Crippen MR) is 106 cm³/mol. The van der Waals surface area contributed by atoms with Crippen LogP contribution < -0.4 is 25.4 Å². The molecule has 0 aliphatic carbocycles. The molecular formula is C19H22ClN3O4. The van der Waals surface area contributed by atoms with Gasteiger partial charge < -0.3 is 25.4 Å². The van der Waals surface area contributed by atoms with Crippen LogP contribution in [0.15, 0.2) is 42.5 Å². The number of anilines is 2. The lowest BCUT2D eigenvalue weighted by molar-refractivity contribution is -0.118. The van der Waals surface area contributed by atoms with E-state index in [-0.39, 0.29) is 18.9 Å². The quantitative estimate of drug-likeness (QED) is 0.685. The Morgan fingerprint density at radius 3 is 2.41 bits per heavy atom. The van der Waals surface area contributed by atoms with Crippen LogP contribution in [-0.2, 0) is 9.59 Å². The van der Waals surface area contributed by atoms with Crippen molar-refractivity contribution < 1.29 is 19.1 Å². The topological polar surface area (TPSA) is 93.9 Å². The highest BCUT2D eigenvalue weighted by Gasteiger charge is 2.15. The van der Waals surface area contributed by atoms with E-state index in [0.29, 0.717) is 28.8 Å². The summed E-state index contributed by atoms with van der Waals surface area (Å²) in [5.41, 5.74) is 6.50. The highest BCUT2D eigenvalue weighted by atomic mass is 35.5. The number of carbonyl (C=O) groups excluding carboxylic acids is 2. The number of hydrogen-bond donors (Lipinski definition) is 2. The van der Waals surface area contributed by atoms with Crippen molar-refractivity contribution in [2.45, 2.75) is 6.42 Å². The molecule has 144 valence electrons. The third-order valence-electron chi connectivity index (χ3n) is 3.84. The molecule has 0 fully saturated rings. The minimum Gasteiger partial charge on any atom is -0.497 e. The zero-order chi connectivity index (χ0) is 19.8. The molecule has 7 nitrogen and oxygen atoms in total. The van der Waals surface area contributed by atoms with Crippen molar-refractivity contribution in [2.75, 3.05) is 37.5 Å². The lowest BCUT2D eigenvalue weighted by atomic mass is 10.2. The van der Waals surface area contributed by atoms with E-state index in [0.717, 1.165) is 5.69 Å². The summed E-state index contributed by atoms with van der Waals surface area (Å²) in [4.78, 5) is 25.5. The molecule has 0 spiro atoms. The molecule has 0 aliphatic rings. The van der Waals surface area contributed by atoms with Crippen molar-refractivity contribution in [1.82, 2.24) is 0 Å². The molecule has 8 heteroatoms. The number of primary amides is 1. The molecule has 0 atom stereocenters. The molecule has 2 aromatic carbocycles. The Bertz CT molecular complexity index is 796. The molecule has 0 aromatic heterocycles. The van der Waals surface area contributed by atoms with E-state index in [1.54, 1.807) is 42.3 Å². The summed E-state index contributed by atoms with van der Waals surface area (Å²) in [6.07, 6.45) is 0.125. The Hall–Kier alpha value is -2.93. The number of amides is 2. The summed E-state index contributed by atoms with van der Waals surface area (Å²) in [5, 5.41) is 3.26. The number of nitrogens with zero attached hydrogens (tertiary/aromatic N) is 1. The maximum Gasteiger partial charge on any atom is 0.243 e. The minimum atomic E-state index is -0.439. The van der Waals surface area contributed by atoms with Gasteiger partial charge in [-0.1, -0.05) is 11.6 Å². The van der Waals surface area contributed by atoms with E-state index in [1.165, 1.54) is 7.11 Å². The van der Waals surface area contributed by atoms with E-state index in [2.05, 4.69) is 5.32 Å². The van der Waals surface area contributed by atoms with Gasteiger partial charge in [0, 0.05) is 23.7 Å². The number of methoxy groups -OCH3 is 2. The number of halogens is 1. The Balaban J connectivity index is 2.14. The van der Waals surface area contributed by atoms with E-state index < -0.39 is 5.91 Å². The first kappa shape index (κ1) is 20.4. The molecule has 0 aliphatic heterocycles. The van der Waals surface area contributed by atoms with Crippen molar-refractivity contribution in [3.8, 4) is 11.5 Å². The second-order valence-electron chi connectivity index (χ2n) is 5.73. The maximum absolute atomic E-state index is 12.6. The van der Waals surface area contributed by atoms with E-state index >= 15 is 0 Å². The number of ether oxygens (including phenoxy) is 2. The van der Waals surface area contributed by atoms with Gasteiger partial charge in [-0.3, -0.25) is 9.59 Å². The monoisotopic (exact) mass is 391 g/mol. The largest absolute Gasteiger partial charge is 0.497 e. The Morgan fingerprint density at radius 1 is 1.11 bits per heavy atom. The number of benzene rings is 2. The second kappa shape index (κ2) is 9.68. The van der Waals surface area contributed by atoms with Crippen LogP contribution in [0.25, 0.3) is 0 Å². The van der Waals surface area contributed by atoms with Gasteiger partial charge in [0.25, 0.3) is 0 Å². The predicted octanol–water partition coefficient (Wildman–Crippen LogP) is 2.68. The summed E-state index contributed by atoms with van der Waals surface area (Å²) in [6.45, 7) is 0.330. The average molecular weight is 392 g/mol. The van der Waals surface area contributed by atoms with E-state index in [9.17, 15) is 9.59 Å². The molecule has 0 radical (unpaired) electrons. The lowest BCUT2D eigenvalue weighted by Gasteiger charge is -2.24. The van der Waals surface area contributed by atoms with Crippen LogP contribution in [-0.4, -0.2) is 39.1 Å². The van der Waals surface area contributed by atoms with Gasteiger partial charge >= 0.3 is 0 Å². The second-order valence-corrected chi connectivity index (χ2v) is 6.17. The zero-order valence-corrected chi connectivity index (χ0v) is 16.0. The van der Waals surface area contributed by atoms with Gasteiger partial charge in [-0.25, -0.2) is 0 Å². The fourth-order valence-electron chi connectivity index (χ4n) is 2.48. The molecule has 0 bridgehead atoms. The zero-order valence-electron chi connectivity index (χ0n) is 15.2. The SMILES string of the molecule is COc1ccc(N(CCC(N)=O)CC(=O)Nc2cc(Cl)ccc2OC)cc1. The molecule has 2 aromatic rings. The summed E-state index contributed by atoms with van der Waals surface area (Å²) < 4.78 is 10.4. The van der Waals surface area contributed by atoms with Crippen LogP contribution in [0.5, 0.6) is 11.5 Å². The molecule has 0 unspecified atom stereocenters. The summed E-state index contributed by atoms with van der Waals surface area (Å²) in [6, 6.07) is 12.1. The van der Waals surface area contributed by atoms with Crippen LogP contribution in [0.2, 0.25) is 5.02 Å². The Labute approximate surface area is 163 Å². The van der Waals surface area contributed by atoms with Gasteiger partial charge in [-0.05, 0) is 42.5 Å². The fourth-order valence-corrected chi connectivity index (χ4v) is 2.65. The van der Waals surface area contributed by atoms with Gasteiger partial charge in [0.1, 0.15) is 11.5 Å². The first-order valence-electron chi connectivity index (χ1n) is 8.23. The molecule has 0 saturated carbocycles. The van der Waals surface area contributed by atoms with Gasteiger partial charge in [0.15, 0.2) is 0 Å². The average Bonchev–Trinajstić information content (AvgIpc) is 2.65. The van der Waals surface area contributed by atoms with Gasteiger partial charge in [-0.2, -0.15) is 0 Å². The molecular weight excluding hydrogens is 370 g/mol.